The van der Waals surface area contributed by atoms with Crippen molar-refractivity contribution in [2.45, 2.75) is 38.8 Å². The van der Waals surface area contributed by atoms with Crippen molar-refractivity contribution in [1.29, 1.82) is 0 Å². The molecule has 5 heteroatoms. The van der Waals surface area contributed by atoms with Crippen molar-refractivity contribution in [2.75, 3.05) is 6.54 Å². The zero-order valence-corrected chi connectivity index (χ0v) is 14.9. The first-order chi connectivity index (χ1) is 11.0. The molecule has 3 nitrogen and oxygen atoms in total. The van der Waals surface area contributed by atoms with Crippen LogP contribution < -0.4 is 4.74 Å². The van der Waals surface area contributed by atoms with Gasteiger partial charge in [0.15, 0.2) is 6.10 Å². The topological polar surface area (TPSA) is 29.5 Å². The predicted molar refractivity (Wildman–Crippen MR) is 94.3 cm³/mol. The number of aryl methyl sites for hydroxylation is 1. The molecule has 1 aromatic carbocycles. The van der Waals surface area contributed by atoms with E-state index in [1.807, 2.05) is 11.8 Å². The van der Waals surface area contributed by atoms with Gasteiger partial charge in [0.05, 0.1) is 6.04 Å². The smallest absolute Gasteiger partial charge is 0.263 e. The minimum Gasteiger partial charge on any atom is -0.481 e. The van der Waals surface area contributed by atoms with E-state index in [0.717, 1.165) is 19.4 Å². The Kier molecular flexibility index (Phi) is 4.93. The van der Waals surface area contributed by atoms with Crippen LogP contribution in [0.4, 0.5) is 0 Å². The number of nitrogens with zero attached hydrogens (tertiary/aromatic N) is 1. The lowest BCUT2D eigenvalue weighted by atomic mass is 10.1. The average molecular weight is 350 g/mol. The predicted octanol–water partition coefficient (Wildman–Crippen LogP) is 4.84. The Morgan fingerprint density at radius 3 is 2.70 bits per heavy atom. The molecule has 0 saturated carbocycles. The van der Waals surface area contributed by atoms with Gasteiger partial charge < -0.3 is 9.64 Å². The molecule has 1 aliphatic rings. The molecule has 2 heterocycles. The first-order valence-corrected chi connectivity index (χ1v) is 9.03. The van der Waals surface area contributed by atoms with Gasteiger partial charge in [-0.05, 0) is 63.1 Å². The molecule has 2 atom stereocenters. The lowest BCUT2D eigenvalue weighted by Crippen LogP contribution is -2.39. The van der Waals surface area contributed by atoms with Gasteiger partial charge >= 0.3 is 0 Å². The van der Waals surface area contributed by atoms with E-state index in [1.54, 1.807) is 35.6 Å². The summed E-state index contributed by atoms with van der Waals surface area (Å²) in [6.45, 7) is 4.71. The van der Waals surface area contributed by atoms with E-state index >= 15 is 0 Å². The number of thiophene rings is 1. The lowest BCUT2D eigenvalue weighted by Gasteiger charge is -2.27. The third-order valence-corrected chi connectivity index (χ3v) is 5.45. The minimum absolute atomic E-state index is 0.0495. The van der Waals surface area contributed by atoms with Crippen LogP contribution in [-0.2, 0) is 4.79 Å². The summed E-state index contributed by atoms with van der Waals surface area (Å²) < 4.78 is 5.79. The van der Waals surface area contributed by atoms with Gasteiger partial charge in [0.25, 0.3) is 5.91 Å². The van der Waals surface area contributed by atoms with Crippen LogP contribution in [0, 0.1) is 6.92 Å². The SMILES string of the molecule is Cc1ccc(C2CCCN2C(=O)C(C)Oc2ccc(Cl)cc2)s1. The summed E-state index contributed by atoms with van der Waals surface area (Å²) in [4.78, 5) is 17.3. The molecular weight excluding hydrogens is 330 g/mol. The zero-order chi connectivity index (χ0) is 16.4. The van der Waals surface area contributed by atoms with E-state index in [9.17, 15) is 4.79 Å². The second-order valence-electron chi connectivity index (χ2n) is 5.85. The van der Waals surface area contributed by atoms with E-state index in [2.05, 4.69) is 19.1 Å². The summed E-state index contributed by atoms with van der Waals surface area (Å²) in [5.41, 5.74) is 0. The van der Waals surface area contributed by atoms with E-state index in [1.165, 1.54) is 9.75 Å². The highest BCUT2D eigenvalue weighted by molar-refractivity contribution is 7.12. The quantitative estimate of drug-likeness (QED) is 0.790. The van der Waals surface area contributed by atoms with Crippen LogP contribution in [0.2, 0.25) is 5.02 Å². The molecule has 1 saturated heterocycles. The van der Waals surface area contributed by atoms with Crippen molar-refractivity contribution in [3.05, 3.63) is 51.2 Å². The third kappa shape index (κ3) is 3.70. The first-order valence-electron chi connectivity index (χ1n) is 7.83. The van der Waals surface area contributed by atoms with E-state index < -0.39 is 6.10 Å². The van der Waals surface area contributed by atoms with Crippen LogP contribution in [0.1, 0.15) is 35.6 Å². The molecule has 23 heavy (non-hydrogen) atoms. The molecule has 0 radical (unpaired) electrons. The molecule has 1 aromatic heterocycles. The van der Waals surface area contributed by atoms with Crippen molar-refractivity contribution in [2.24, 2.45) is 0 Å². The second kappa shape index (κ2) is 6.93. The van der Waals surface area contributed by atoms with Crippen molar-refractivity contribution >= 4 is 28.8 Å². The Labute approximate surface area is 145 Å². The Bertz CT molecular complexity index is 683. The standard InChI is InChI=1S/C18H20ClNO2S/c1-12-5-10-17(23-12)16-4-3-11-20(16)18(21)13(2)22-15-8-6-14(19)7-9-15/h5-10,13,16H,3-4,11H2,1-2H3. The summed E-state index contributed by atoms with van der Waals surface area (Å²) in [6, 6.07) is 11.6. The number of ether oxygens (including phenoxy) is 1. The maximum Gasteiger partial charge on any atom is 0.263 e. The molecule has 1 aliphatic heterocycles. The van der Waals surface area contributed by atoms with Gasteiger partial charge in [-0.1, -0.05) is 11.6 Å². The summed E-state index contributed by atoms with van der Waals surface area (Å²) >= 11 is 7.65. The third-order valence-electron chi connectivity index (χ3n) is 4.10. The van der Waals surface area contributed by atoms with Gasteiger partial charge in [-0.15, -0.1) is 11.3 Å². The maximum absolute atomic E-state index is 12.8. The van der Waals surface area contributed by atoms with Crippen molar-refractivity contribution in [1.82, 2.24) is 4.90 Å². The monoisotopic (exact) mass is 349 g/mol. The van der Waals surface area contributed by atoms with E-state index in [4.69, 9.17) is 16.3 Å². The molecule has 0 spiro atoms. The number of hydrogen-bond donors (Lipinski definition) is 0. The van der Waals surface area contributed by atoms with Crippen molar-refractivity contribution < 1.29 is 9.53 Å². The average Bonchev–Trinajstić information content (AvgIpc) is 3.17. The summed E-state index contributed by atoms with van der Waals surface area (Å²) in [5.74, 6) is 0.714. The number of likely N-dealkylation sites (tertiary alicyclic amines) is 1. The molecule has 2 unspecified atom stereocenters. The van der Waals surface area contributed by atoms with Crippen LogP contribution in [0.5, 0.6) is 5.75 Å². The Morgan fingerprint density at radius 1 is 1.30 bits per heavy atom. The fraction of sp³-hybridized carbons (Fsp3) is 0.389. The maximum atomic E-state index is 12.8. The Morgan fingerprint density at radius 2 is 2.04 bits per heavy atom. The molecule has 1 fully saturated rings. The number of benzene rings is 1. The first kappa shape index (κ1) is 16.3. The highest BCUT2D eigenvalue weighted by atomic mass is 35.5. The molecule has 0 N–H and O–H groups in total. The van der Waals surface area contributed by atoms with Crippen LogP contribution in [0.3, 0.4) is 0 Å². The highest BCUT2D eigenvalue weighted by Gasteiger charge is 2.33. The van der Waals surface area contributed by atoms with Crippen LogP contribution in [-0.4, -0.2) is 23.5 Å². The number of carbonyl (C=O) groups is 1. The summed E-state index contributed by atoms with van der Waals surface area (Å²) in [7, 11) is 0. The number of amides is 1. The lowest BCUT2D eigenvalue weighted by molar-refractivity contribution is -0.138. The highest BCUT2D eigenvalue weighted by Crippen LogP contribution is 2.36. The minimum atomic E-state index is -0.502. The second-order valence-corrected chi connectivity index (χ2v) is 7.61. The largest absolute Gasteiger partial charge is 0.481 e. The molecule has 1 amide bonds. The fourth-order valence-corrected chi connectivity index (χ4v) is 4.11. The molecule has 2 aromatic rings. The normalized spacial score (nSPS) is 18.9. The summed E-state index contributed by atoms with van der Waals surface area (Å²) in [6.07, 6.45) is 1.57. The Hall–Kier alpha value is -1.52. The van der Waals surface area contributed by atoms with Gasteiger partial charge in [0.1, 0.15) is 5.75 Å². The van der Waals surface area contributed by atoms with Crippen LogP contribution >= 0.6 is 22.9 Å². The molecule has 0 bridgehead atoms. The number of hydrogen-bond acceptors (Lipinski definition) is 3. The molecule has 0 aliphatic carbocycles. The van der Waals surface area contributed by atoms with Gasteiger partial charge in [0, 0.05) is 21.3 Å². The van der Waals surface area contributed by atoms with Gasteiger partial charge in [-0.2, -0.15) is 0 Å². The Balaban J connectivity index is 1.69. The van der Waals surface area contributed by atoms with Crippen molar-refractivity contribution in [3.63, 3.8) is 0 Å². The fourth-order valence-electron chi connectivity index (χ4n) is 2.96. The van der Waals surface area contributed by atoms with Gasteiger partial charge in [-0.25, -0.2) is 0 Å². The van der Waals surface area contributed by atoms with E-state index in [0.29, 0.717) is 10.8 Å². The molecular formula is C18H20ClNO2S. The number of carbonyl (C=O) groups excluding carboxylic acids is 1. The molecule has 3 rings (SSSR count). The number of rotatable bonds is 4. The van der Waals surface area contributed by atoms with Gasteiger partial charge in [0.2, 0.25) is 0 Å². The number of halogens is 1. The summed E-state index contributed by atoms with van der Waals surface area (Å²) in [5, 5.41) is 0.656. The van der Waals surface area contributed by atoms with E-state index in [-0.39, 0.29) is 11.9 Å². The molecule has 122 valence electrons. The zero-order valence-electron chi connectivity index (χ0n) is 13.3. The van der Waals surface area contributed by atoms with Crippen molar-refractivity contribution in [3.8, 4) is 5.75 Å². The van der Waals surface area contributed by atoms with Crippen LogP contribution in [0.25, 0.3) is 0 Å². The van der Waals surface area contributed by atoms with Gasteiger partial charge in [-0.3, -0.25) is 4.79 Å². The van der Waals surface area contributed by atoms with Crippen LogP contribution in [0.15, 0.2) is 36.4 Å².